The highest BCUT2D eigenvalue weighted by Crippen LogP contribution is 2.46. The molecule has 2 rings (SSSR count). The van der Waals surface area contributed by atoms with Crippen LogP contribution in [0, 0.1) is 25.2 Å². The quantitative estimate of drug-likeness (QED) is 0.575. The van der Waals surface area contributed by atoms with Crippen molar-refractivity contribution < 1.29 is 4.79 Å². The molecule has 1 aliphatic carbocycles. The molecule has 0 bridgehead atoms. The van der Waals surface area contributed by atoms with E-state index in [-0.39, 0.29) is 0 Å². The van der Waals surface area contributed by atoms with Crippen LogP contribution in [0.4, 0.5) is 0 Å². The average molecular weight is 226 g/mol. The lowest BCUT2D eigenvalue weighted by molar-refractivity contribution is 0.254. The van der Waals surface area contributed by atoms with Crippen molar-refractivity contribution in [2.24, 2.45) is 4.99 Å². The van der Waals surface area contributed by atoms with Crippen LogP contribution in [0.1, 0.15) is 41.5 Å². The maximum atomic E-state index is 10.6. The van der Waals surface area contributed by atoms with Gasteiger partial charge in [-0.2, -0.15) is 10.3 Å². The van der Waals surface area contributed by atoms with E-state index < -0.39 is 5.54 Å². The Hall–Kier alpha value is -1.91. The van der Waals surface area contributed by atoms with Crippen LogP contribution in [0.3, 0.4) is 0 Å². The van der Waals surface area contributed by atoms with E-state index in [1.54, 1.807) is 6.08 Å². The van der Waals surface area contributed by atoms with Crippen molar-refractivity contribution in [3.63, 3.8) is 0 Å². The standard InChI is InChI=1S/C14H14N2O/c1-10-6-11(2)13(7-12(10)8-15)14(16-9-17)4-3-5-14/h6-7H,3-5H2,1-2H3. The summed E-state index contributed by atoms with van der Waals surface area (Å²) >= 11 is 0. The largest absolute Gasteiger partial charge is 0.235 e. The van der Waals surface area contributed by atoms with Crippen LogP contribution in [0.25, 0.3) is 0 Å². The molecule has 0 aliphatic heterocycles. The van der Waals surface area contributed by atoms with Gasteiger partial charge in [0.05, 0.1) is 17.2 Å². The Balaban J connectivity index is 2.59. The van der Waals surface area contributed by atoms with E-state index in [2.05, 4.69) is 11.1 Å². The highest BCUT2D eigenvalue weighted by molar-refractivity contribution is 5.49. The fourth-order valence-corrected chi connectivity index (χ4v) is 2.51. The molecule has 3 heteroatoms. The number of rotatable bonds is 2. The van der Waals surface area contributed by atoms with Gasteiger partial charge in [0, 0.05) is 0 Å². The molecule has 0 amide bonds. The first-order valence-electron chi connectivity index (χ1n) is 5.74. The Kier molecular flexibility index (Phi) is 2.83. The van der Waals surface area contributed by atoms with Crippen LogP contribution >= 0.6 is 0 Å². The first-order chi connectivity index (χ1) is 8.13. The molecule has 0 unspecified atom stereocenters. The predicted molar refractivity (Wildman–Crippen MR) is 64.3 cm³/mol. The third kappa shape index (κ3) is 1.77. The van der Waals surface area contributed by atoms with Gasteiger partial charge in [0.15, 0.2) is 0 Å². The number of nitriles is 1. The van der Waals surface area contributed by atoms with Gasteiger partial charge in [-0.1, -0.05) is 6.07 Å². The smallest absolute Gasteiger partial charge is 0.211 e. The van der Waals surface area contributed by atoms with Gasteiger partial charge in [0.25, 0.3) is 0 Å². The number of aliphatic imine (C=N–C) groups is 1. The minimum atomic E-state index is -0.412. The molecule has 0 saturated heterocycles. The second-order valence-corrected chi connectivity index (χ2v) is 4.68. The number of benzene rings is 1. The summed E-state index contributed by atoms with van der Waals surface area (Å²) < 4.78 is 0. The van der Waals surface area contributed by atoms with Gasteiger partial charge < -0.3 is 0 Å². The number of aryl methyl sites for hydroxylation is 2. The summed E-state index contributed by atoms with van der Waals surface area (Å²) in [6.07, 6.45) is 4.49. The first kappa shape index (κ1) is 11.6. The monoisotopic (exact) mass is 226 g/mol. The summed E-state index contributed by atoms with van der Waals surface area (Å²) in [6.45, 7) is 3.93. The molecule has 1 fully saturated rings. The van der Waals surface area contributed by atoms with Crippen molar-refractivity contribution >= 4 is 6.08 Å². The minimum Gasteiger partial charge on any atom is -0.211 e. The normalized spacial score (nSPS) is 16.5. The van der Waals surface area contributed by atoms with E-state index >= 15 is 0 Å². The highest BCUT2D eigenvalue weighted by atomic mass is 16.1. The third-order valence-corrected chi connectivity index (χ3v) is 3.63. The van der Waals surface area contributed by atoms with Crippen LogP contribution in [0.5, 0.6) is 0 Å². The lowest BCUT2D eigenvalue weighted by Crippen LogP contribution is -2.32. The number of hydrogen-bond acceptors (Lipinski definition) is 3. The Bertz CT molecular complexity index is 544. The Morgan fingerprint density at radius 2 is 2.00 bits per heavy atom. The average Bonchev–Trinajstić information content (AvgIpc) is 2.24. The van der Waals surface area contributed by atoms with Crippen molar-refractivity contribution in [1.82, 2.24) is 0 Å². The molecule has 0 aromatic heterocycles. The fourth-order valence-electron chi connectivity index (χ4n) is 2.51. The van der Waals surface area contributed by atoms with Gasteiger partial charge >= 0.3 is 0 Å². The minimum absolute atomic E-state index is 0.412. The number of nitrogens with zero attached hydrogens (tertiary/aromatic N) is 2. The summed E-state index contributed by atoms with van der Waals surface area (Å²) in [5.74, 6) is 0. The molecule has 0 atom stereocenters. The zero-order valence-corrected chi connectivity index (χ0v) is 10.1. The van der Waals surface area contributed by atoms with E-state index in [0.717, 1.165) is 36.0 Å². The molecule has 0 spiro atoms. The third-order valence-electron chi connectivity index (χ3n) is 3.63. The summed E-state index contributed by atoms with van der Waals surface area (Å²) in [5.41, 5.74) is 3.33. The summed E-state index contributed by atoms with van der Waals surface area (Å²) in [4.78, 5) is 14.5. The molecule has 1 saturated carbocycles. The molecule has 0 heterocycles. The Morgan fingerprint density at radius 1 is 1.29 bits per heavy atom. The second-order valence-electron chi connectivity index (χ2n) is 4.68. The van der Waals surface area contributed by atoms with Crippen LogP contribution in [-0.2, 0) is 10.3 Å². The molecule has 1 aliphatic rings. The van der Waals surface area contributed by atoms with Crippen LogP contribution < -0.4 is 0 Å². The highest BCUT2D eigenvalue weighted by Gasteiger charge is 2.40. The Labute approximate surface area is 101 Å². The maximum Gasteiger partial charge on any atom is 0.235 e. The van der Waals surface area contributed by atoms with E-state index in [4.69, 9.17) is 5.26 Å². The fraction of sp³-hybridized carbons (Fsp3) is 0.429. The molecule has 0 radical (unpaired) electrons. The van der Waals surface area contributed by atoms with Crippen molar-refractivity contribution in [3.8, 4) is 6.07 Å². The van der Waals surface area contributed by atoms with Gasteiger partial charge in [-0.3, -0.25) is 0 Å². The van der Waals surface area contributed by atoms with Crippen molar-refractivity contribution in [2.45, 2.75) is 38.6 Å². The van der Waals surface area contributed by atoms with Crippen molar-refractivity contribution in [1.29, 1.82) is 5.26 Å². The van der Waals surface area contributed by atoms with E-state index in [1.165, 1.54) is 0 Å². The molecule has 1 aromatic carbocycles. The van der Waals surface area contributed by atoms with Crippen molar-refractivity contribution in [3.05, 3.63) is 34.4 Å². The van der Waals surface area contributed by atoms with E-state index in [1.807, 2.05) is 26.0 Å². The molecule has 0 N–H and O–H groups in total. The van der Waals surface area contributed by atoms with E-state index in [0.29, 0.717) is 5.56 Å². The zero-order valence-electron chi connectivity index (χ0n) is 10.1. The lowest BCUT2D eigenvalue weighted by atomic mass is 9.70. The maximum absolute atomic E-state index is 10.6. The molecule has 17 heavy (non-hydrogen) atoms. The summed E-state index contributed by atoms with van der Waals surface area (Å²) in [7, 11) is 0. The number of hydrogen-bond donors (Lipinski definition) is 0. The second kappa shape index (κ2) is 4.16. The molecule has 1 aromatic rings. The van der Waals surface area contributed by atoms with Gasteiger partial charge in [0.1, 0.15) is 0 Å². The number of carbonyl (C=O) groups excluding carboxylic acids is 1. The van der Waals surface area contributed by atoms with Crippen LogP contribution in [0.2, 0.25) is 0 Å². The summed E-state index contributed by atoms with van der Waals surface area (Å²) in [6, 6.07) is 6.06. The lowest BCUT2D eigenvalue weighted by Gasteiger charge is -2.38. The first-order valence-corrected chi connectivity index (χ1v) is 5.74. The molecule has 86 valence electrons. The van der Waals surface area contributed by atoms with Gasteiger partial charge in [-0.05, 0) is 55.9 Å². The van der Waals surface area contributed by atoms with Crippen LogP contribution in [0.15, 0.2) is 17.1 Å². The molecular weight excluding hydrogens is 212 g/mol. The molecule has 3 nitrogen and oxygen atoms in total. The van der Waals surface area contributed by atoms with E-state index in [9.17, 15) is 4.79 Å². The van der Waals surface area contributed by atoms with Crippen LogP contribution in [-0.4, -0.2) is 6.08 Å². The summed E-state index contributed by atoms with van der Waals surface area (Å²) in [5, 5.41) is 9.06. The van der Waals surface area contributed by atoms with Gasteiger partial charge in [-0.25, -0.2) is 4.79 Å². The predicted octanol–water partition coefficient (Wildman–Crippen LogP) is 2.89. The van der Waals surface area contributed by atoms with Gasteiger partial charge in [-0.15, -0.1) is 0 Å². The topological polar surface area (TPSA) is 53.2 Å². The van der Waals surface area contributed by atoms with Crippen molar-refractivity contribution in [2.75, 3.05) is 0 Å². The Morgan fingerprint density at radius 3 is 2.47 bits per heavy atom. The zero-order chi connectivity index (χ0) is 12.5. The number of isocyanates is 1. The van der Waals surface area contributed by atoms with Gasteiger partial charge in [0.2, 0.25) is 6.08 Å². The SMILES string of the molecule is Cc1cc(C)c(C2(N=C=O)CCC2)cc1C#N. The molecular formula is C14H14N2O.